The second kappa shape index (κ2) is 9.20. The van der Waals surface area contributed by atoms with Gasteiger partial charge in [0.2, 0.25) is 0 Å². The first-order valence-electron chi connectivity index (χ1n) is 9.51. The Morgan fingerprint density at radius 1 is 1.12 bits per heavy atom. The summed E-state index contributed by atoms with van der Waals surface area (Å²) in [5, 5.41) is 0. The van der Waals surface area contributed by atoms with Crippen LogP contribution in [0.5, 0.6) is 5.75 Å². The predicted octanol–water partition coefficient (Wildman–Crippen LogP) is 2.48. The number of likely N-dealkylation sites (tertiary alicyclic amines) is 1. The van der Waals surface area contributed by atoms with Crippen molar-refractivity contribution in [3.05, 3.63) is 29.8 Å². The SMILES string of the molecule is Cc1ccc(OCC(=O)N2CCCCCC2CN2CCOCC2)cc1. The van der Waals surface area contributed by atoms with Gasteiger partial charge in [0.05, 0.1) is 13.2 Å². The molecular formula is C20H30N2O3. The number of hydrogen-bond donors (Lipinski definition) is 0. The van der Waals surface area contributed by atoms with Crippen LogP contribution in [0, 0.1) is 6.92 Å². The molecule has 0 spiro atoms. The molecule has 0 aromatic heterocycles. The van der Waals surface area contributed by atoms with Crippen molar-refractivity contribution in [3.8, 4) is 5.75 Å². The highest BCUT2D eigenvalue weighted by molar-refractivity contribution is 5.78. The number of nitrogens with zero attached hydrogens (tertiary/aromatic N) is 2. The van der Waals surface area contributed by atoms with E-state index in [9.17, 15) is 4.79 Å². The van der Waals surface area contributed by atoms with Crippen LogP contribution in [0.4, 0.5) is 0 Å². The highest BCUT2D eigenvalue weighted by Gasteiger charge is 2.27. The molecule has 0 aliphatic carbocycles. The quantitative estimate of drug-likeness (QED) is 0.821. The second-order valence-electron chi connectivity index (χ2n) is 7.10. The molecule has 1 atom stereocenters. The van der Waals surface area contributed by atoms with E-state index in [0.717, 1.165) is 58.0 Å². The summed E-state index contributed by atoms with van der Waals surface area (Å²) in [7, 11) is 0. The van der Waals surface area contributed by atoms with Crippen LogP contribution < -0.4 is 4.74 Å². The Labute approximate surface area is 150 Å². The molecule has 2 fully saturated rings. The van der Waals surface area contributed by atoms with Gasteiger partial charge in [-0.1, -0.05) is 30.5 Å². The Morgan fingerprint density at radius 2 is 1.88 bits per heavy atom. The summed E-state index contributed by atoms with van der Waals surface area (Å²) in [5.41, 5.74) is 1.19. The smallest absolute Gasteiger partial charge is 0.260 e. The maximum atomic E-state index is 12.8. The zero-order chi connectivity index (χ0) is 17.5. The molecule has 3 rings (SSSR count). The minimum Gasteiger partial charge on any atom is -0.484 e. The van der Waals surface area contributed by atoms with Crippen LogP contribution in [-0.4, -0.2) is 67.7 Å². The standard InChI is InChI=1S/C20H30N2O3/c1-17-6-8-19(9-7-17)25-16-20(23)22-10-4-2-3-5-18(22)15-21-11-13-24-14-12-21/h6-9,18H,2-5,10-16H2,1H3. The lowest BCUT2D eigenvalue weighted by Gasteiger charge is -2.36. The summed E-state index contributed by atoms with van der Waals surface area (Å²) >= 11 is 0. The van der Waals surface area contributed by atoms with Crippen LogP contribution in [0.25, 0.3) is 0 Å². The van der Waals surface area contributed by atoms with E-state index in [-0.39, 0.29) is 12.5 Å². The van der Waals surface area contributed by atoms with Crippen LogP contribution in [0.2, 0.25) is 0 Å². The van der Waals surface area contributed by atoms with Gasteiger partial charge in [-0.2, -0.15) is 0 Å². The summed E-state index contributed by atoms with van der Waals surface area (Å²) in [4.78, 5) is 17.3. The zero-order valence-electron chi connectivity index (χ0n) is 15.3. The molecule has 2 heterocycles. The van der Waals surface area contributed by atoms with Gasteiger partial charge in [-0.05, 0) is 31.9 Å². The highest BCUT2D eigenvalue weighted by Crippen LogP contribution is 2.19. The lowest BCUT2D eigenvalue weighted by molar-refractivity contribution is -0.136. The fourth-order valence-corrected chi connectivity index (χ4v) is 3.64. The van der Waals surface area contributed by atoms with E-state index < -0.39 is 0 Å². The Morgan fingerprint density at radius 3 is 2.64 bits per heavy atom. The average Bonchev–Trinajstić information content (AvgIpc) is 2.87. The third-order valence-corrected chi connectivity index (χ3v) is 5.15. The number of aryl methyl sites for hydroxylation is 1. The van der Waals surface area contributed by atoms with Gasteiger partial charge in [0.25, 0.3) is 5.91 Å². The molecule has 138 valence electrons. The molecule has 2 saturated heterocycles. The predicted molar refractivity (Wildman–Crippen MR) is 97.9 cm³/mol. The maximum absolute atomic E-state index is 12.8. The van der Waals surface area contributed by atoms with Crippen molar-refractivity contribution in [1.29, 1.82) is 0 Å². The van der Waals surface area contributed by atoms with E-state index in [2.05, 4.69) is 9.80 Å². The number of carbonyl (C=O) groups is 1. The first-order chi connectivity index (χ1) is 12.2. The lowest BCUT2D eigenvalue weighted by Crippen LogP contribution is -2.50. The van der Waals surface area contributed by atoms with Gasteiger partial charge in [0.15, 0.2) is 6.61 Å². The Bertz CT molecular complexity index is 540. The summed E-state index contributed by atoms with van der Waals surface area (Å²) in [6.07, 6.45) is 4.60. The lowest BCUT2D eigenvalue weighted by atomic mass is 10.1. The van der Waals surface area contributed by atoms with Gasteiger partial charge in [0.1, 0.15) is 5.75 Å². The Hall–Kier alpha value is -1.59. The monoisotopic (exact) mass is 346 g/mol. The van der Waals surface area contributed by atoms with Crippen molar-refractivity contribution >= 4 is 5.91 Å². The molecule has 0 N–H and O–H groups in total. The van der Waals surface area contributed by atoms with Gasteiger partial charge < -0.3 is 14.4 Å². The number of morpholine rings is 1. The molecule has 1 amide bonds. The van der Waals surface area contributed by atoms with Crippen molar-refractivity contribution in [2.75, 3.05) is 46.0 Å². The minimum atomic E-state index is 0.112. The Balaban J connectivity index is 1.57. The van der Waals surface area contributed by atoms with Crippen LogP contribution in [-0.2, 0) is 9.53 Å². The summed E-state index contributed by atoms with van der Waals surface area (Å²) in [6.45, 7) is 7.53. The van der Waals surface area contributed by atoms with Gasteiger partial charge in [-0.3, -0.25) is 9.69 Å². The number of amides is 1. The molecular weight excluding hydrogens is 316 g/mol. The molecule has 5 heteroatoms. The molecule has 25 heavy (non-hydrogen) atoms. The van der Waals surface area contributed by atoms with Gasteiger partial charge in [-0.15, -0.1) is 0 Å². The molecule has 2 aliphatic rings. The second-order valence-corrected chi connectivity index (χ2v) is 7.10. The molecule has 2 aliphatic heterocycles. The van der Waals surface area contributed by atoms with Crippen LogP contribution in [0.3, 0.4) is 0 Å². The van der Waals surface area contributed by atoms with Crippen LogP contribution in [0.15, 0.2) is 24.3 Å². The number of carbonyl (C=O) groups excluding carboxylic acids is 1. The van der Waals surface area contributed by atoms with Crippen molar-refractivity contribution in [3.63, 3.8) is 0 Å². The first-order valence-corrected chi connectivity index (χ1v) is 9.51. The third-order valence-electron chi connectivity index (χ3n) is 5.15. The zero-order valence-corrected chi connectivity index (χ0v) is 15.3. The van der Waals surface area contributed by atoms with E-state index in [4.69, 9.17) is 9.47 Å². The van der Waals surface area contributed by atoms with Gasteiger partial charge >= 0.3 is 0 Å². The summed E-state index contributed by atoms with van der Waals surface area (Å²) in [5.74, 6) is 0.874. The number of rotatable bonds is 5. The van der Waals surface area contributed by atoms with Gasteiger partial charge in [0, 0.05) is 32.2 Å². The summed E-state index contributed by atoms with van der Waals surface area (Å²) < 4.78 is 11.2. The van der Waals surface area contributed by atoms with Crippen LogP contribution >= 0.6 is 0 Å². The molecule has 1 unspecified atom stereocenters. The normalized spacial score (nSPS) is 22.4. The number of benzene rings is 1. The van der Waals surface area contributed by atoms with E-state index in [1.165, 1.54) is 18.4 Å². The van der Waals surface area contributed by atoms with E-state index in [1.807, 2.05) is 31.2 Å². The first kappa shape index (κ1) is 18.2. The molecule has 1 aromatic carbocycles. The number of hydrogen-bond acceptors (Lipinski definition) is 4. The fourth-order valence-electron chi connectivity index (χ4n) is 3.64. The third kappa shape index (κ3) is 5.44. The molecule has 0 saturated carbocycles. The summed E-state index contributed by atoms with van der Waals surface area (Å²) in [6, 6.07) is 8.17. The maximum Gasteiger partial charge on any atom is 0.260 e. The van der Waals surface area contributed by atoms with Crippen molar-refractivity contribution in [2.45, 2.75) is 38.6 Å². The van der Waals surface area contributed by atoms with Crippen molar-refractivity contribution < 1.29 is 14.3 Å². The minimum absolute atomic E-state index is 0.112. The molecule has 1 aromatic rings. The van der Waals surface area contributed by atoms with E-state index in [0.29, 0.717) is 6.04 Å². The molecule has 5 nitrogen and oxygen atoms in total. The molecule has 0 radical (unpaired) electrons. The Kier molecular flexibility index (Phi) is 6.70. The van der Waals surface area contributed by atoms with E-state index in [1.54, 1.807) is 0 Å². The topological polar surface area (TPSA) is 42.0 Å². The number of ether oxygens (including phenoxy) is 2. The van der Waals surface area contributed by atoms with Crippen molar-refractivity contribution in [2.24, 2.45) is 0 Å². The molecule has 0 bridgehead atoms. The fraction of sp³-hybridized carbons (Fsp3) is 0.650. The average molecular weight is 346 g/mol. The van der Waals surface area contributed by atoms with E-state index >= 15 is 0 Å². The highest BCUT2D eigenvalue weighted by atomic mass is 16.5. The van der Waals surface area contributed by atoms with Gasteiger partial charge in [-0.25, -0.2) is 0 Å². The van der Waals surface area contributed by atoms with Crippen LogP contribution in [0.1, 0.15) is 31.2 Å². The van der Waals surface area contributed by atoms with Crippen molar-refractivity contribution in [1.82, 2.24) is 9.80 Å². The largest absolute Gasteiger partial charge is 0.484 e.